The van der Waals surface area contributed by atoms with Crippen molar-refractivity contribution in [3.05, 3.63) is 125 Å². The van der Waals surface area contributed by atoms with Crippen molar-refractivity contribution < 1.29 is 15.0 Å². The van der Waals surface area contributed by atoms with Gasteiger partial charge in [0.2, 0.25) is 0 Å². The van der Waals surface area contributed by atoms with Crippen LogP contribution >= 0.6 is 0 Å². The van der Waals surface area contributed by atoms with E-state index in [0.717, 1.165) is 50.6 Å². The average molecular weight is 518 g/mol. The lowest BCUT2D eigenvalue weighted by Gasteiger charge is -2.19. The molecule has 5 aromatic rings. The number of aliphatic hydroxyl groups is 1. The van der Waals surface area contributed by atoms with Gasteiger partial charge in [0.25, 0.3) is 0 Å². The summed E-state index contributed by atoms with van der Waals surface area (Å²) in [7, 11) is 4.09. The quantitative estimate of drug-likeness (QED) is 0.210. The second kappa shape index (κ2) is 11.5. The number of pyridine rings is 1. The summed E-state index contributed by atoms with van der Waals surface area (Å²) in [5, 5.41) is 27.4. The molecule has 3 N–H and O–H groups in total. The minimum Gasteiger partial charge on any atom is -0.478 e. The number of aliphatic hydroxyl groups excluding tert-OH is 1. The SMILES string of the molecule is CN(C)Cc1ccc2ncc(NCC(=Cc3ccc(C(=O)O)cc3)C(O)c3cccc4ccccc34)cc2c1. The first-order valence-corrected chi connectivity index (χ1v) is 12.8. The highest BCUT2D eigenvalue weighted by molar-refractivity contribution is 5.88. The Balaban J connectivity index is 1.47. The van der Waals surface area contributed by atoms with Gasteiger partial charge in [-0.05, 0) is 77.5 Å². The third kappa shape index (κ3) is 6.14. The van der Waals surface area contributed by atoms with E-state index in [1.54, 1.807) is 30.5 Å². The van der Waals surface area contributed by atoms with Gasteiger partial charge in [-0.1, -0.05) is 66.7 Å². The zero-order valence-electron chi connectivity index (χ0n) is 22.0. The molecule has 4 aromatic carbocycles. The Morgan fingerprint density at radius 3 is 2.49 bits per heavy atom. The van der Waals surface area contributed by atoms with Gasteiger partial charge in [-0.2, -0.15) is 0 Å². The van der Waals surface area contributed by atoms with Crippen molar-refractivity contribution >= 4 is 39.4 Å². The first-order chi connectivity index (χ1) is 18.9. The van der Waals surface area contributed by atoms with Gasteiger partial charge >= 0.3 is 5.97 Å². The highest BCUT2D eigenvalue weighted by atomic mass is 16.4. The number of carboxylic acids is 1. The van der Waals surface area contributed by atoms with Gasteiger partial charge in [0.05, 0.1) is 23.0 Å². The minimum atomic E-state index is -0.972. The Labute approximate surface area is 227 Å². The molecule has 6 heteroatoms. The summed E-state index contributed by atoms with van der Waals surface area (Å²) in [5.74, 6) is -0.972. The second-order valence-corrected chi connectivity index (χ2v) is 9.96. The van der Waals surface area contributed by atoms with Crippen LogP contribution < -0.4 is 5.32 Å². The number of hydrogen-bond donors (Lipinski definition) is 3. The molecule has 5 rings (SSSR count). The van der Waals surface area contributed by atoms with Crippen LogP contribution in [0.15, 0.2) is 103 Å². The lowest BCUT2D eigenvalue weighted by Crippen LogP contribution is -2.13. The molecule has 0 spiro atoms. The summed E-state index contributed by atoms with van der Waals surface area (Å²) in [6.45, 7) is 1.22. The molecular weight excluding hydrogens is 486 g/mol. The fourth-order valence-corrected chi connectivity index (χ4v) is 4.80. The zero-order chi connectivity index (χ0) is 27.4. The maximum Gasteiger partial charge on any atom is 0.335 e. The third-order valence-electron chi connectivity index (χ3n) is 6.72. The number of hydrogen-bond acceptors (Lipinski definition) is 5. The number of carbonyl (C=O) groups is 1. The molecule has 0 aliphatic heterocycles. The first kappa shape index (κ1) is 26.1. The average Bonchev–Trinajstić information content (AvgIpc) is 2.94. The predicted molar refractivity (Wildman–Crippen MR) is 158 cm³/mol. The maximum atomic E-state index is 11.6. The van der Waals surface area contributed by atoms with Crippen LogP contribution in [0.25, 0.3) is 27.8 Å². The van der Waals surface area contributed by atoms with E-state index in [1.807, 2.05) is 68.7 Å². The summed E-state index contributed by atoms with van der Waals surface area (Å²) in [5.41, 5.74) is 5.57. The molecule has 0 bridgehead atoms. The zero-order valence-corrected chi connectivity index (χ0v) is 22.0. The maximum absolute atomic E-state index is 11.6. The Morgan fingerprint density at radius 2 is 1.72 bits per heavy atom. The largest absolute Gasteiger partial charge is 0.478 e. The lowest BCUT2D eigenvalue weighted by molar-refractivity contribution is 0.0697. The van der Waals surface area contributed by atoms with Gasteiger partial charge in [-0.15, -0.1) is 0 Å². The molecule has 1 atom stereocenters. The summed E-state index contributed by atoms with van der Waals surface area (Å²) < 4.78 is 0. The van der Waals surface area contributed by atoms with Gasteiger partial charge in [0.15, 0.2) is 0 Å². The molecule has 0 saturated carbocycles. The summed E-state index contributed by atoms with van der Waals surface area (Å²) in [4.78, 5) is 18.1. The molecule has 39 heavy (non-hydrogen) atoms. The van der Waals surface area contributed by atoms with Gasteiger partial charge in [-0.25, -0.2) is 4.79 Å². The molecule has 0 aliphatic rings. The highest BCUT2D eigenvalue weighted by Crippen LogP contribution is 2.30. The van der Waals surface area contributed by atoms with Crippen molar-refractivity contribution in [3.8, 4) is 0 Å². The van der Waals surface area contributed by atoms with Gasteiger partial charge in [0, 0.05) is 18.5 Å². The third-order valence-corrected chi connectivity index (χ3v) is 6.72. The van der Waals surface area contributed by atoms with Crippen molar-refractivity contribution in [3.63, 3.8) is 0 Å². The monoisotopic (exact) mass is 517 g/mol. The van der Waals surface area contributed by atoms with Crippen molar-refractivity contribution in [2.24, 2.45) is 0 Å². The van der Waals surface area contributed by atoms with Crippen LogP contribution in [0.2, 0.25) is 0 Å². The van der Waals surface area contributed by atoms with Crippen LogP contribution in [-0.2, 0) is 6.54 Å². The van der Waals surface area contributed by atoms with Crippen LogP contribution in [-0.4, -0.2) is 46.7 Å². The van der Waals surface area contributed by atoms with E-state index in [9.17, 15) is 15.0 Å². The molecule has 0 fully saturated rings. The number of aromatic nitrogens is 1. The first-order valence-electron chi connectivity index (χ1n) is 12.8. The molecule has 1 unspecified atom stereocenters. The molecular formula is C33H31N3O3. The molecule has 0 saturated heterocycles. The van der Waals surface area contributed by atoms with Crippen molar-refractivity contribution in [2.75, 3.05) is 26.0 Å². The van der Waals surface area contributed by atoms with E-state index >= 15 is 0 Å². The standard InChI is InChI=1S/C33H31N3O3/c1-36(2)21-23-12-15-31-26(17-23)18-28(20-35-31)34-19-27(16-22-10-13-25(14-11-22)33(38)39)32(37)30-9-5-7-24-6-3-4-8-29(24)30/h3-18,20,32,34,37H,19,21H2,1-2H3,(H,38,39). The van der Waals surface area contributed by atoms with Crippen LogP contribution in [0.5, 0.6) is 0 Å². The normalized spacial score (nSPS) is 12.7. The molecule has 0 aliphatic carbocycles. The molecule has 1 heterocycles. The summed E-state index contributed by atoms with van der Waals surface area (Å²) in [6.07, 6.45) is 2.84. The molecule has 196 valence electrons. The number of anilines is 1. The Kier molecular flexibility index (Phi) is 7.68. The molecule has 0 amide bonds. The fraction of sp³-hybridized carbons (Fsp3) is 0.152. The predicted octanol–water partition coefficient (Wildman–Crippen LogP) is 6.38. The number of aromatic carboxylic acids is 1. The topological polar surface area (TPSA) is 85.7 Å². The molecule has 0 radical (unpaired) electrons. The number of carboxylic acid groups (broad SMARTS) is 1. The van der Waals surface area contributed by atoms with E-state index < -0.39 is 12.1 Å². The van der Waals surface area contributed by atoms with E-state index in [2.05, 4.69) is 33.4 Å². The van der Waals surface area contributed by atoms with Crippen LogP contribution in [0, 0.1) is 0 Å². The fourth-order valence-electron chi connectivity index (χ4n) is 4.80. The van der Waals surface area contributed by atoms with E-state index in [4.69, 9.17) is 0 Å². The van der Waals surface area contributed by atoms with Crippen LogP contribution in [0.1, 0.15) is 33.2 Å². The highest BCUT2D eigenvalue weighted by Gasteiger charge is 2.17. The number of nitrogens with zero attached hydrogens (tertiary/aromatic N) is 2. The van der Waals surface area contributed by atoms with Gasteiger partial charge < -0.3 is 20.4 Å². The van der Waals surface area contributed by atoms with E-state index in [1.165, 1.54) is 5.56 Å². The lowest BCUT2D eigenvalue weighted by atomic mass is 9.94. The Morgan fingerprint density at radius 1 is 0.949 bits per heavy atom. The van der Waals surface area contributed by atoms with E-state index in [0.29, 0.717) is 6.54 Å². The Bertz CT molecular complexity index is 1650. The minimum absolute atomic E-state index is 0.220. The number of nitrogens with one attached hydrogen (secondary N) is 1. The number of benzene rings is 4. The van der Waals surface area contributed by atoms with Gasteiger partial charge in [-0.3, -0.25) is 4.98 Å². The summed E-state index contributed by atoms with van der Waals surface area (Å²) in [6, 6.07) is 28.9. The van der Waals surface area contributed by atoms with Crippen molar-refractivity contribution in [2.45, 2.75) is 12.6 Å². The number of fused-ring (bicyclic) bond motifs is 2. The van der Waals surface area contributed by atoms with E-state index in [-0.39, 0.29) is 5.56 Å². The molecule has 6 nitrogen and oxygen atoms in total. The molecule has 1 aromatic heterocycles. The summed E-state index contributed by atoms with van der Waals surface area (Å²) >= 11 is 0. The second-order valence-electron chi connectivity index (χ2n) is 9.96. The van der Waals surface area contributed by atoms with Crippen molar-refractivity contribution in [1.82, 2.24) is 9.88 Å². The number of rotatable bonds is 9. The van der Waals surface area contributed by atoms with Crippen LogP contribution in [0.3, 0.4) is 0 Å². The van der Waals surface area contributed by atoms with Crippen molar-refractivity contribution in [1.29, 1.82) is 0 Å². The van der Waals surface area contributed by atoms with Crippen LogP contribution in [0.4, 0.5) is 5.69 Å². The Hall–Kier alpha value is -4.52. The van der Waals surface area contributed by atoms with Gasteiger partial charge in [0.1, 0.15) is 6.10 Å². The smallest absolute Gasteiger partial charge is 0.335 e.